The molecule has 1 aliphatic rings. The number of likely N-dealkylation sites (N-methyl/N-ethyl adjacent to an activating group) is 1. The summed E-state index contributed by atoms with van der Waals surface area (Å²) in [6.07, 6.45) is 0.735. The molecule has 0 spiro atoms. The first-order valence-electron chi connectivity index (χ1n) is 6.29. The average molecular weight is 243 g/mol. The van der Waals surface area contributed by atoms with Crippen molar-refractivity contribution < 1.29 is 9.84 Å². The zero-order chi connectivity index (χ0) is 12.5. The summed E-state index contributed by atoms with van der Waals surface area (Å²) in [5.74, 6) is 0.936. The number of hydrogen-bond acceptors (Lipinski definition) is 3. The number of aliphatic hydroxyl groups excluding tert-OH is 1. The second kappa shape index (κ2) is 4.50. The van der Waals surface area contributed by atoms with E-state index in [1.165, 1.54) is 10.8 Å². The molecular weight excluding hydrogens is 226 g/mol. The number of hydrogen-bond donors (Lipinski definition) is 1. The molecule has 0 saturated carbocycles. The quantitative estimate of drug-likeness (QED) is 0.879. The van der Waals surface area contributed by atoms with E-state index in [4.69, 9.17) is 9.84 Å². The SMILES string of the molecule is CN1c2c(ccc3ccccc23)OCC1CCO. The predicted octanol–water partition coefficient (Wildman–Crippen LogP) is 2.42. The molecule has 1 heterocycles. The van der Waals surface area contributed by atoms with Crippen LogP contribution in [0.3, 0.4) is 0 Å². The highest BCUT2D eigenvalue weighted by Crippen LogP contribution is 2.39. The first-order chi connectivity index (χ1) is 8.81. The molecule has 94 valence electrons. The lowest BCUT2D eigenvalue weighted by molar-refractivity contribution is 0.219. The molecule has 3 heteroatoms. The fourth-order valence-corrected chi connectivity index (χ4v) is 2.62. The van der Waals surface area contributed by atoms with Gasteiger partial charge in [-0.3, -0.25) is 0 Å². The number of anilines is 1. The van der Waals surface area contributed by atoms with Gasteiger partial charge in [0, 0.05) is 19.0 Å². The van der Waals surface area contributed by atoms with Crippen molar-refractivity contribution in [1.82, 2.24) is 0 Å². The third-order valence-corrected chi connectivity index (χ3v) is 3.66. The smallest absolute Gasteiger partial charge is 0.143 e. The third kappa shape index (κ3) is 1.71. The van der Waals surface area contributed by atoms with Gasteiger partial charge in [0.25, 0.3) is 0 Å². The van der Waals surface area contributed by atoms with E-state index in [2.05, 4.69) is 30.1 Å². The van der Waals surface area contributed by atoms with Crippen LogP contribution in [0.25, 0.3) is 10.8 Å². The van der Waals surface area contributed by atoms with Gasteiger partial charge in [0.1, 0.15) is 12.4 Å². The first-order valence-corrected chi connectivity index (χ1v) is 6.29. The van der Waals surface area contributed by atoms with Crippen molar-refractivity contribution in [3.05, 3.63) is 36.4 Å². The molecule has 1 atom stereocenters. The first kappa shape index (κ1) is 11.4. The highest BCUT2D eigenvalue weighted by Gasteiger charge is 2.25. The standard InChI is InChI=1S/C15H17NO2/c1-16-12(8-9-17)10-18-14-7-6-11-4-2-3-5-13(11)15(14)16/h2-7,12,17H,8-10H2,1H3. The Morgan fingerprint density at radius 2 is 2.11 bits per heavy atom. The Morgan fingerprint density at radius 3 is 2.94 bits per heavy atom. The Bertz CT molecular complexity index is 567. The van der Waals surface area contributed by atoms with Gasteiger partial charge in [-0.25, -0.2) is 0 Å². The number of rotatable bonds is 2. The zero-order valence-corrected chi connectivity index (χ0v) is 10.5. The normalized spacial score (nSPS) is 18.6. The molecule has 0 bridgehead atoms. The fraction of sp³-hybridized carbons (Fsp3) is 0.333. The van der Waals surface area contributed by atoms with Crippen LogP contribution in [0, 0.1) is 0 Å². The lowest BCUT2D eigenvalue weighted by Crippen LogP contribution is -2.41. The second-order valence-corrected chi connectivity index (χ2v) is 4.72. The van der Waals surface area contributed by atoms with E-state index in [0.29, 0.717) is 6.61 Å². The lowest BCUT2D eigenvalue weighted by Gasteiger charge is -2.36. The van der Waals surface area contributed by atoms with Crippen molar-refractivity contribution in [3.8, 4) is 5.75 Å². The number of nitrogens with zero attached hydrogens (tertiary/aromatic N) is 1. The minimum atomic E-state index is 0.193. The summed E-state index contributed by atoms with van der Waals surface area (Å²) in [5, 5.41) is 11.5. The summed E-state index contributed by atoms with van der Waals surface area (Å²) in [6, 6.07) is 12.7. The van der Waals surface area contributed by atoms with Crippen molar-refractivity contribution in [2.24, 2.45) is 0 Å². The summed E-state index contributed by atoms with van der Waals surface area (Å²) in [4.78, 5) is 2.23. The summed E-state index contributed by atoms with van der Waals surface area (Å²) in [7, 11) is 2.08. The highest BCUT2D eigenvalue weighted by atomic mass is 16.5. The summed E-state index contributed by atoms with van der Waals surface area (Å²) in [5.41, 5.74) is 1.14. The number of fused-ring (bicyclic) bond motifs is 3. The van der Waals surface area contributed by atoms with Crippen LogP contribution >= 0.6 is 0 Å². The summed E-state index contributed by atoms with van der Waals surface area (Å²) < 4.78 is 5.81. The van der Waals surface area contributed by atoms with Gasteiger partial charge in [0.05, 0.1) is 11.7 Å². The molecule has 3 rings (SSSR count). The van der Waals surface area contributed by atoms with Crippen molar-refractivity contribution in [3.63, 3.8) is 0 Å². The van der Waals surface area contributed by atoms with Crippen LogP contribution in [0.2, 0.25) is 0 Å². The van der Waals surface area contributed by atoms with Gasteiger partial charge in [-0.2, -0.15) is 0 Å². The zero-order valence-electron chi connectivity index (χ0n) is 10.5. The van der Waals surface area contributed by atoms with Crippen molar-refractivity contribution in [2.45, 2.75) is 12.5 Å². The molecule has 2 aromatic carbocycles. The van der Waals surface area contributed by atoms with Crippen LogP contribution < -0.4 is 9.64 Å². The van der Waals surface area contributed by atoms with E-state index in [1.807, 2.05) is 18.2 Å². The molecule has 1 N–H and O–H groups in total. The molecule has 0 aromatic heterocycles. The maximum absolute atomic E-state index is 9.12. The second-order valence-electron chi connectivity index (χ2n) is 4.72. The minimum absolute atomic E-state index is 0.193. The average Bonchev–Trinajstić information content (AvgIpc) is 2.41. The molecule has 0 saturated heterocycles. The Kier molecular flexibility index (Phi) is 2.84. The van der Waals surface area contributed by atoms with E-state index < -0.39 is 0 Å². The van der Waals surface area contributed by atoms with Crippen LogP contribution in [-0.2, 0) is 0 Å². The van der Waals surface area contributed by atoms with Crippen LogP contribution in [0.15, 0.2) is 36.4 Å². The Hall–Kier alpha value is -1.74. The van der Waals surface area contributed by atoms with E-state index in [-0.39, 0.29) is 12.6 Å². The molecule has 0 aliphatic carbocycles. The predicted molar refractivity (Wildman–Crippen MR) is 73.3 cm³/mol. The number of aliphatic hydroxyl groups is 1. The molecule has 1 aliphatic heterocycles. The van der Waals surface area contributed by atoms with Gasteiger partial charge in [-0.05, 0) is 17.9 Å². The molecular formula is C15H17NO2. The highest BCUT2D eigenvalue weighted by molar-refractivity contribution is 5.97. The maximum atomic E-state index is 9.12. The van der Waals surface area contributed by atoms with Crippen LogP contribution in [0.1, 0.15) is 6.42 Å². The number of ether oxygens (including phenoxy) is 1. The van der Waals surface area contributed by atoms with Crippen LogP contribution in [-0.4, -0.2) is 31.4 Å². The van der Waals surface area contributed by atoms with Crippen molar-refractivity contribution >= 4 is 16.5 Å². The Labute approximate surface area is 107 Å². The van der Waals surface area contributed by atoms with Crippen LogP contribution in [0.4, 0.5) is 5.69 Å². The molecule has 0 fully saturated rings. The number of benzene rings is 2. The van der Waals surface area contributed by atoms with E-state index in [1.54, 1.807) is 0 Å². The Morgan fingerprint density at radius 1 is 1.28 bits per heavy atom. The monoisotopic (exact) mass is 243 g/mol. The van der Waals surface area contributed by atoms with E-state index >= 15 is 0 Å². The van der Waals surface area contributed by atoms with Gasteiger partial charge in [0.15, 0.2) is 0 Å². The fourth-order valence-electron chi connectivity index (χ4n) is 2.62. The van der Waals surface area contributed by atoms with Gasteiger partial charge in [-0.1, -0.05) is 30.3 Å². The molecule has 1 unspecified atom stereocenters. The van der Waals surface area contributed by atoms with Crippen molar-refractivity contribution in [2.75, 3.05) is 25.2 Å². The van der Waals surface area contributed by atoms with E-state index in [0.717, 1.165) is 17.9 Å². The molecule has 2 aromatic rings. The minimum Gasteiger partial charge on any atom is -0.489 e. The van der Waals surface area contributed by atoms with Gasteiger partial charge in [-0.15, -0.1) is 0 Å². The molecule has 3 nitrogen and oxygen atoms in total. The summed E-state index contributed by atoms with van der Waals surface area (Å²) in [6.45, 7) is 0.834. The largest absolute Gasteiger partial charge is 0.489 e. The Balaban J connectivity index is 2.13. The van der Waals surface area contributed by atoms with E-state index in [9.17, 15) is 0 Å². The lowest BCUT2D eigenvalue weighted by atomic mass is 10.0. The topological polar surface area (TPSA) is 32.7 Å². The third-order valence-electron chi connectivity index (χ3n) is 3.66. The maximum Gasteiger partial charge on any atom is 0.143 e. The van der Waals surface area contributed by atoms with Crippen molar-refractivity contribution in [1.29, 1.82) is 0 Å². The molecule has 18 heavy (non-hydrogen) atoms. The van der Waals surface area contributed by atoms with Gasteiger partial charge in [0.2, 0.25) is 0 Å². The molecule has 0 amide bonds. The van der Waals surface area contributed by atoms with Gasteiger partial charge >= 0.3 is 0 Å². The summed E-state index contributed by atoms with van der Waals surface area (Å²) >= 11 is 0. The van der Waals surface area contributed by atoms with Gasteiger partial charge < -0.3 is 14.7 Å². The van der Waals surface area contributed by atoms with Crippen LogP contribution in [0.5, 0.6) is 5.75 Å². The molecule has 0 radical (unpaired) electrons.